The fourth-order valence-corrected chi connectivity index (χ4v) is 2.88. The summed E-state index contributed by atoms with van der Waals surface area (Å²) in [5.74, 6) is 0.713. The van der Waals surface area contributed by atoms with Gasteiger partial charge < -0.3 is 15.0 Å². The van der Waals surface area contributed by atoms with Crippen molar-refractivity contribution < 1.29 is 9.53 Å². The number of carbonyl (C=O) groups is 1. The molecule has 0 saturated heterocycles. The largest absolute Gasteiger partial charge is 0.379 e. The maximum Gasteiger partial charge on any atom is 0.317 e. The van der Waals surface area contributed by atoms with Gasteiger partial charge in [-0.15, -0.1) is 0 Å². The fraction of sp³-hybridized carbons (Fsp3) is 0.929. The minimum atomic E-state index is 0.0587. The Morgan fingerprint density at radius 3 is 2.56 bits per heavy atom. The van der Waals surface area contributed by atoms with Crippen molar-refractivity contribution >= 4 is 6.03 Å². The number of nitrogens with zero attached hydrogens (tertiary/aromatic N) is 1. The van der Waals surface area contributed by atoms with Crippen LogP contribution in [-0.2, 0) is 4.74 Å². The molecule has 18 heavy (non-hydrogen) atoms. The third kappa shape index (κ3) is 3.16. The zero-order valence-corrected chi connectivity index (χ0v) is 11.8. The van der Waals surface area contributed by atoms with Crippen LogP contribution >= 0.6 is 0 Å². The Balaban J connectivity index is 1.84. The van der Waals surface area contributed by atoms with Crippen LogP contribution in [-0.4, -0.2) is 43.3 Å². The van der Waals surface area contributed by atoms with Gasteiger partial charge in [-0.2, -0.15) is 0 Å². The third-order valence-electron chi connectivity index (χ3n) is 4.55. The van der Waals surface area contributed by atoms with Crippen LogP contribution in [0.25, 0.3) is 0 Å². The average Bonchev–Trinajstić information content (AvgIpc) is 3.22. The average molecular weight is 254 g/mol. The van der Waals surface area contributed by atoms with Crippen LogP contribution in [0.3, 0.4) is 0 Å². The normalized spacial score (nSPS) is 29.7. The van der Waals surface area contributed by atoms with E-state index < -0.39 is 0 Å². The Bertz CT molecular complexity index is 292. The molecule has 0 aliphatic heterocycles. The summed E-state index contributed by atoms with van der Waals surface area (Å²) in [5.41, 5.74) is 0. The van der Waals surface area contributed by atoms with Crippen molar-refractivity contribution in [3.05, 3.63) is 0 Å². The number of amides is 2. The molecule has 104 valence electrons. The lowest BCUT2D eigenvalue weighted by molar-refractivity contribution is 0.0427. The first-order valence-corrected chi connectivity index (χ1v) is 7.19. The van der Waals surface area contributed by atoms with Gasteiger partial charge in [0.25, 0.3) is 0 Å². The van der Waals surface area contributed by atoms with Gasteiger partial charge in [-0.25, -0.2) is 4.79 Å². The predicted molar refractivity (Wildman–Crippen MR) is 71.5 cm³/mol. The van der Waals surface area contributed by atoms with Crippen LogP contribution in [0.15, 0.2) is 0 Å². The topological polar surface area (TPSA) is 41.6 Å². The minimum Gasteiger partial charge on any atom is -0.379 e. The van der Waals surface area contributed by atoms with E-state index in [1.165, 1.54) is 25.7 Å². The Morgan fingerprint density at radius 1 is 1.28 bits per heavy atom. The highest BCUT2D eigenvalue weighted by molar-refractivity contribution is 5.74. The van der Waals surface area contributed by atoms with Gasteiger partial charge in [0.2, 0.25) is 0 Å². The maximum absolute atomic E-state index is 12.2. The van der Waals surface area contributed by atoms with Gasteiger partial charge in [0, 0.05) is 20.2 Å². The van der Waals surface area contributed by atoms with Crippen molar-refractivity contribution in [3.63, 3.8) is 0 Å². The van der Waals surface area contributed by atoms with E-state index in [1.807, 2.05) is 11.9 Å². The van der Waals surface area contributed by atoms with Gasteiger partial charge in [0.15, 0.2) is 0 Å². The van der Waals surface area contributed by atoms with Gasteiger partial charge in [-0.3, -0.25) is 0 Å². The highest BCUT2D eigenvalue weighted by Crippen LogP contribution is 2.34. The Hall–Kier alpha value is -0.770. The smallest absolute Gasteiger partial charge is 0.317 e. The van der Waals surface area contributed by atoms with E-state index in [1.54, 1.807) is 7.11 Å². The third-order valence-corrected chi connectivity index (χ3v) is 4.55. The molecule has 0 unspecified atom stereocenters. The van der Waals surface area contributed by atoms with E-state index in [0.29, 0.717) is 12.0 Å². The summed E-state index contributed by atoms with van der Waals surface area (Å²) in [4.78, 5) is 14.1. The summed E-state index contributed by atoms with van der Waals surface area (Å²) in [5, 5.41) is 3.15. The number of hydrogen-bond acceptors (Lipinski definition) is 2. The van der Waals surface area contributed by atoms with E-state index in [4.69, 9.17) is 4.74 Å². The lowest BCUT2D eigenvalue weighted by atomic mass is 9.92. The highest BCUT2D eigenvalue weighted by Gasteiger charge is 2.34. The summed E-state index contributed by atoms with van der Waals surface area (Å²) < 4.78 is 5.47. The van der Waals surface area contributed by atoms with Crippen LogP contribution in [0.1, 0.15) is 45.4 Å². The van der Waals surface area contributed by atoms with Crippen molar-refractivity contribution in [2.45, 2.75) is 63.6 Å². The van der Waals surface area contributed by atoms with Crippen LogP contribution in [0.5, 0.6) is 0 Å². The zero-order chi connectivity index (χ0) is 13.1. The fourth-order valence-electron chi connectivity index (χ4n) is 2.88. The number of carbonyl (C=O) groups excluding carboxylic acids is 1. The van der Waals surface area contributed by atoms with E-state index in [2.05, 4.69) is 12.2 Å². The Labute approximate surface area is 110 Å². The first-order valence-electron chi connectivity index (χ1n) is 7.19. The van der Waals surface area contributed by atoms with Gasteiger partial charge in [0.1, 0.15) is 0 Å². The standard InChI is InChI=1S/C14H26N2O2/c1-10(11-8-9-11)16(2)14(17)15-12-6-4-5-7-13(12)18-3/h10-13H,4-9H2,1-3H3,(H,15,17)/t10-,12-,13-/m1/s1. The molecule has 0 bridgehead atoms. The molecule has 4 nitrogen and oxygen atoms in total. The number of methoxy groups -OCH3 is 1. The molecule has 4 heteroatoms. The summed E-state index contributed by atoms with van der Waals surface area (Å²) in [7, 11) is 3.65. The van der Waals surface area contributed by atoms with Gasteiger partial charge in [-0.1, -0.05) is 12.8 Å². The van der Waals surface area contributed by atoms with Gasteiger partial charge in [0.05, 0.1) is 12.1 Å². The van der Waals surface area contributed by atoms with Crippen LogP contribution in [0.2, 0.25) is 0 Å². The molecular formula is C14H26N2O2. The molecule has 0 aromatic heterocycles. The Morgan fingerprint density at radius 2 is 1.94 bits per heavy atom. The zero-order valence-electron chi connectivity index (χ0n) is 11.8. The van der Waals surface area contributed by atoms with Gasteiger partial charge in [-0.05, 0) is 38.5 Å². The summed E-state index contributed by atoms with van der Waals surface area (Å²) in [6.45, 7) is 2.14. The van der Waals surface area contributed by atoms with E-state index >= 15 is 0 Å². The second-order valence-corrected chi connectivity index (χ2v) is 5.80. The van der Waals surface area contributed by atoms with Crippen molar-refractivity contribution in [2.75, 3.05) is 14.2 Å². The monoisotopic (exact) mass is 254 g/mol. The molecule has 0 aromatic rings. The van der Waals surface area contributed by atoms with Crippen molar-refractivity contribution in [1.29, 1.82) is 0 Å². The van der Waals surface area contributed by atoms with Crippen molar-refractivity contribution in [2.24, 2.45) is 5.92 Å². The SMILES string of the molecule is CO[C@@H]1CCCC[C@H]1NC(=O)N(C)[C@H](C)C1CC1. The van der Waals surface area contributed by atoms with Crippen molar-refractivity contribution in [1.82, 2.24) is 10.2 Å². The molecular weight excluding hydrogens is 228 g/mol. The quantitative estimate of drug-likeness (QED) is 0.837. The van der Waals surface area contributed by atoms with Crippen LogP contribution in [0.4, 0.5) is 4.79 Å². The highest BCUT2D eigenvalue weighted by atomic mass is 16.5. The van der Waals surface area contributed by atoms with Crippen LogP contribution < -0.4 is 5.32 Å². The number of urea groups is 1. The first kappa shape index (κ1) is 13.7. The van der Waals surface area contributed by atoms with Gasteiger partial charge >= 0.3 is 6.03 Å². The summed E-state index contributed by atoms with van der Waals surface area (Å²) in [6.07, 6.45) is 7.21. The molecule has 2 aliphatic rings. The molecule has 0 aromatic carbocycles. The number of nitrogens with one attached hydrogen (secondary N) is 1. The first-order chi connectivity index (χ1) is 8.63. The van der Waals surface area contributed by atoms with Crippen molar-refractivity contribution in [3.8, 4) is 0 Å². The molecule has 1 N–H and O–H groups in total. The molecule has 3 atom stereocenters. The molecule has 2 fully saturated rings. The minimum absolute atomic E-state index is 0.0587. The molecule has 2 amide bonds. The number of hydrogen-bond donors (Lipinski definition) is 1. The predicted octanol–water partition coefficient (Wildman–Crippen LogP) is 2.38. The summed E-state index contributed by atoms with van der Waals surface area (Å²) >= 11 is 0. The summed E-state index contributed by atoms with van der Waals surface area (Å²) in [6, 6.07) is 0.600. The maximum atomic E-state index is 12.2. The Kier molecular flexibility index (Phi) is 4.49. The molecule has 0 heterocycles. The van der Waals surface area contributed by atoms with E-state index in [9.17, 15) is 4.79 Å². The second kappa shape index (κ2) is 5.91. The van der Waals surface area contributed by atoms with E-state index in [-0.39, 0.29) is 18.2 Å². The van der Waals surface area contributed by atoms with E-state index in [0.717, 1.165) is 12.8 Å². The molecule has 2 aliphatic carbocycles. The van der Waals surface area contributed by atoms with Crippen LogP contribution in [0, 0.1) is 5.92 Å². The molecule has 0 radical (unpaired) electrons. The molecule has 0 spiro atoms. The number of ether oxygens (including phenoxy) is 1. The lowest BCUT2D eigenvalue weighted by Gasteiger charge is -2.34. The molecule has 2 saturated carbocycles. The molecule has 2 rings (SSSR count). The number of rotatable bonds is 4. The second-order valence-electron chi connectivity index (χ2n) is 5.80. The lowest BCUT2D eigenvalue weighted by Crippen LogP contribution is -2.52.